The standard InChI is InChI=1S/C16H16BrN3O4/c1-20-9-11(17)8-12(20)16(22)19-18-15(21)10-3-4-13-14(7-10)24-6-2-5-23-13/h3-4,7-9H,2,5-6H2,1H3,(H,18,21)(H,19,22). The van der Waals surface area contributed by atoms with Gasteiger partial charge in [0.2, 0.25) is 0 Å². The lowest BCUT2D eigenvalue weighted by Gasteiger charge is -2.10. The van der Waals surface area contributed by atoms with Gasteiger partial charge in [-0.3, -0.25) is 20.4 Å². The maximum Gasteiger partial charge on any atom is 0.286 e. The van der Waals surface area contributed by atoms with Crippen LogP contribution < -0.4 is 20.3 Å². The molecule has 7 nitrogen and oxygen atoms in total. The van der Waals surface area contributed by atoms with Gasteiger partial charge in [-0.05, 0) is 40.2 Å². The van der Waals surface area contributed by atoms with Crippen molar-refractivity contribution in [3.8, 4) is 11.5 Å². The number of benzene rings is 1. The largest absolute Gasteiger partial charge is 0.490 e. The molecule has 0 aliphatic carbocycles. The van der Waals surface area contributed by atoms with Gasteiger partial charge >= 0.3 is 0 Å². The van der Waals surface area contributed by atoms with E-state index < -0.39 is 11.8 Å². The predicted molar refractivity (Wildman–Crippen MR) is 90.1 cm³/mol. The summed E-state index contributed by atoms with van der Waals surface area (Å²) in [5.74, 6) is 0.290. The molecule has 0 unspecified atom stereocenters. The van der Waals surface area contributed by atoms with Crippen molar-refractivity contribution < 1.29 is 19.1 Å². The third-order valence-corrected chi connectivity index (χ3v) is 3.94. The number of hydrogen-bond acceptors (Lipinski definition) is 4. The average molecular weight is 394 g/mol. The van der Waals surface area contributed by atoms with E-state index in [0.717, 1.165) is 10.9 Å². The number of hydrogen-bond donors (Lipinski definition) is 2. The molecule has 1 aromatic carbocycles. The number of nitrogens with one attached hydrogen (secondary N) is 2. The maximum absolute atomic E-state index is 12.2. The minimum atomic E-state index is -0.438. The van der Waals surface area contributed by atoms with Gasteiger partial charge in [0.25, 0.3) is 11.8 Å². The summed E-state index contributed by atoms with van der Waals surface area (Å²) in [4.78, 5) is 24.3. The van der Waals surface area contributed by atoms with Crippen LogP contribution in [0.4, 0.5) is 0 Å². The van der Waals surface area contributed by atoms with Crippen molar-refractivity contribution in [2.45, 2.75) is 6.42 Å². The molecular formula is C16H16BrN3O4. The molecule has 0 bridgehead atoms. The summed E-state index contributed by atoms with van der Waals surface area (Å²) < 4.78 is 13.5. The summed E-state index contributed by atoms with van der Waals surface area (Å²) in [7, 11) is 1.74. The van der Waals surface area contributed by atoms with Gasteiger partial charge in [-0.25, -0.2) is 0 Å². The first-order valence-corrected chi connectivity index (χ1v) is 8.16. The summed E-state index contributed by atoms with van der Waals surface area (Å²) in [6.45, 7) is 1.12. The van der Waals surface area contributed by atoms with Gasteiger partial charge in [-0.2, -0.15) is 0 Å². The number of carbonyl (C=O) groups excluding carboxylic acids is 2. The maximum atomic E-state index is 12.2. The molecule has 1 aromatic heterocycles. The van der Waals surface area contributed by atoms with E-state index in [-0.39, 0.29) is 0 Å². The van der Waals surface area contributed by atoms with E-state index in [0.29, 0.717) is 36.0 Å². The Balaban J connectivity index is 1.66. The Labute approximate surface area is 147 Å². The lowest BCUT2D eigenvalue weighted by Crippen LogP contribution is -2.42. The van der Waals surface area contributed by atoms with Crippen LogP contribution in [0.25, 0.3) is 0 Å². The first-order valence-electron chi connectivity index (χ1n) is 7.37. The second-order valence-corrected chi connectivity index (χ2v) is 6.19. The van der Waals surface area contributed by atoms with E-state index in [1.165, 1.54) is 0 Å². The van der Waals surface area contributed by atoms with Gasteiger partial charge in [0.15, 0.2) is 11.5 Å². The van der Waals surface area contributed by atoms with Gasteiger partial charge in [-0.15, -0.1) is 0 Å². The molecule has 2 N–H and O–H groups in total. The highest BCUT2D eigenvalue weighted by molar-refractivity contribution is 9.10. The molecule has 0 spiro atoms. The molecule has 1 aliphatic heterocycles. The van der Waals surface area contributed by atoms with Gasteiger partial charge in [0.05, 0.1) is 13.2 Å². The van der Waals surface area contributed by atoms with E-state index in [1.54, 1.807) is 42.1 Å². The Kier molecular flexibility index (Phi) is 4.75. The smallest absolute Gasteiger partial charge is 0.286 e. The highest BCUT2D eigenvalue weighted by Crippen LogP contribution is 2.30. The Morgan fingerprint density at radius 3 is 2.50 bits per heavy atom. The van der Waals surface area contributed by atoms with Crippen molar-refractivity contribution in [2.24, 2.45) is 7.05 Å². The van der Waals surface area contributed by atoms with Crippen LogP contribution in [0.1, 0.15) is 27.3 Å². The van der Waals surface area contributed by atoms with Crippen LogP contribution in [-0.4, -0.2) is 29.6 Å². The molecule has 2 amide bonds. The molecule has 0 saturated heterocycles. The normalized spacial score (nSPS) is 13.1. The first-order chi connectivity index (χ1) is 11.5. The van der Waals surface area contributed by atoms with Crippen LogP contribution in [0.3, 0.4) is 0 Å². The molecule has 0 fully saturated rings. The number of rotatable bonds is 2. The Bertz CT molecular complexity index is 788. The molecule has 126 valence electrons. The number of hydrazine groups is 1. The minimum Gasteiger partial charge on any atom is -0.490 e. The fourth-order valence-electron chi connectivity index (χ4n) is 2.30. The lowest BCUT2D eigenvalue weighted by atomic mass is 10.2. The van der Waals surface area contributed by atoms with E-state index in [4.69, 9.17) is 9.47 Å². The molecule has 1 aliphatic rings. The molecule has 0 radical (unpaired) electrons. The Morgan fingerprint density at radius 2 is 1.79 bits per heavy atom. The molecular weight excluding hydrogens is 378 g/mol. The summed E-state index contributed by atoms with van der Waals surface area (Å²) in [6.07, 6.45) is 2.54. The van der Waals surface area contributed by atoms with E-state index in [1.807, 2.05) is 0 Å². The summed E-state index contributed by atoms with van der Waals surface area (Å²) in [6, 6.07) is 6.57. The van der Waals surface area contributed by atoms with Crippen LogP contribution in [-0.2, 0) is 7.05 Å². The van der Waals surface area contributed by atoms with Gasteiger partial charge in [0, 0.05) is 29.7 Å². The molecule has 0 atom stereocenters. The minimum absolute atomic E-state index is 0.368. The zero-order valence-electron chi connectivity index (χ0n) is 13.0. The number of carbonyl (C=O) groups is 2. The van der Waals surface area contributed by atoms with Crippen molar-refractivity contribution in [1.29, 1.82) is 0 Å². The van der Waals surface area contributed by atoms with Gasteiger partial charge < -0.3 is 14.0 Å². The number of aryl methyl sites for hydroxylation is 1. The Hall–Kier alpha value is -2.48. The number of ether oxygens (including phenoxy) is 2. The molecule has 2 aromatic rings. The van der Waals surface area contributed by atoms with Crippen LogP contribution in [0.5, 0.6) is 11.5 Å². The van der Waals surface area contributed by atoms with Crippen LogP contribution in [0, 0.1) is 0 Å². The highest BCUT2D eigenvalue weighted by Gasteiger charge is 2.16. The van der Waals surface area contributed by atoms with Gasteiger partial charge in [-0.1, -0.05) is 0 Å². The summed E-state index contributed by atoms with van der Waals surface area (Å²) >= 11 is 3.30. The summed E-state index contributed by atoms with van der Waals surface area (Å²) in [5.41, 5.74) is 5.57. The van der Waals surface area contributed by atoms with E-state index >= 15 is 0 Å². The van der Waals surface area contributed by atoms with Crippen molar-refractivity contribution in [3.05, 3.63) is 46.2 Å². The third-order valence-electron chi connectivity index (χ3n) is 3.50. The lowest BCUT2D eigenvalue weighted by molar-refractivity contribution is 0.0842. The highest BCUT2D eigenvalue weighted by atomic mass is 79.9. The number of fused-ring (bicyclic) bond motifs is 1. The topological polar surface area (TPSA) is 81.6 Å². The second kappa shape index (κ2) is 6.96. The SMILES string of the molecule is Cn1cc(Br)cc1C(=O)NNC(=O)c1ccc2c(c1)OCCCO2. The zero-order chi connectivity index (χ0) is 17.1. The number of amides is 2. The predicted octanol–water partition coefficient (Wildman–Crippen LogP) is 2.02. The van der Waals surface area contributed by atoms with Crippen molar-refractivity contribution >= 4 is 27.7 Å². The average Bonchev–Trinajstić information content (AvgIpc) is 2.77. The number of halogens is 1. The quantitative estimate of drug-likeness (QED) is 0.764. The fourth-order valence-corrected chi connectivity index (χ4v) is 2.83. The molecule has 8 heteroatoms. The van der Waals surface area contributed by atoms with E-state index in [9.17, 15) is 9.59 Å². The molecule has 2 heterocycles. The van der Waals surface area contributed by atoms with Crippen LogP contribution >= 0.6 is 15.9 Å². The van der Waals surface area contributed by atoms with Crippen LogP contribution in [0.15, 0.2) is 34.9 Å². The van der Waals surface area contributed by atoms with Crippen molar-refractivity contribution in [2.75, 3.05) is 13.2 Å². The number of nitrogens with zero attached hydrogens (tertiary/aromatic N) is 1. The Morgan fingerprint density at radius 1 is 1.08 bits per heavy atom. The third kappa shape index (κ3) is 3.53. The fraction of sp³-hybridized carbons (Fsp3) is 0.250. The molecule has 0 saturated carbocycles. The monoisotopic (exact) mass is 393 g/mol. The molecule has 24 heavy (non-hydrogen) atoms. The van der Waals surface area contributed by atoms with Crippen molar-refractivity contribution in [3.63, 3.8) is 0 Å². The van der Waals surface area contributed by atoms with E-state index in [2.05, 4.69) is 26.8 Å². The zero-order valence-corrected chi connectivity index (χ0v) is 14.6. The molecule has 3 rings (SSSR count). The van der Waals surface area contributed by atoms with Crippen molar-refractivity contribution in [1.82, 2.24) is 15.4 Å². The summed E-state index contributed by atoms with van der Waals surface area (Å²) in [5, 5.41) is 0. The van der Waals surface area contributed by atoms with Crippen LogP contribution in [0.2, 0.25) is 0 Å². The first kappa shape index (κ1) is 16.4. The van der Waals surface area contributed by atoms with Gasteiger partial charge in [0.1, 0.15) is 5.69 Å². The number of aromatic nitrogens is 1. The second-order valence-electron chi connectivity index (χ2n) is 5.27.